The molecule has 0 aliphatic rings. The van der Waals surface area contributed by atoms with E-state index in [-0.39, 0.29) is 0 Å². The van der Waals surface area contributed by atoms with Gasteiger partial charge in [0.05, 0.1) is 13.2 Å². The molecule has 106 valence electrons. The molecule has 0 aromatic carbocycles. The molecule has 18 heavy (non-hydrogen) atoms. The predicted octanol–water partition coefficient (Wildman–Crippen LogP) is -5.09. The number of carbonyl (C=O) groups excluding carboxylic acids is 2. The fourth-order valence-electron chi connectivity index (χ4n) is 1.07. The molecule has 5 atom stereocenters. The topological polar surface area (TPSA) is 176 Å². The average Bonchev–Trinajstić information content (AvgIpc) is 2.40. The monoisotopic (exact) mass is 268 g/mol. The molecule has 9 heteroatoms. The molecule has 7 N–H and O–H groups in total. The Hall–Kier alpha value is -0.940. The van der Waals surface area contributed by atoms with E-state index in [9.17, 15) is 24.9 Å². The zero-order chi connectivity index (χ0) is 14.5. The van der Waals surface area contributed by atoms with Gasteiger partial charge in [0.15, 0.2) is 0 Å². The van der Waals surface area contributed by atoms with Crippen LogP contribution >= 0.6 is 0 Å². The number of carbonyl (C=O) groups is 2. The number of hydrogen-bond acceptors (Lipinski definition) is 9. The molecule has 0 saturated heterocycles. The highest BCUT2D eigenvalue weighted by Gasteiger charge is 2.38. The maximum atomic E-state index is 11.2. The second-order valence-corrected chi connectivity index (χ2v) is 3.60. The number of aliphatic hydroxyl groups excluding tert-OH is 7. The molecule has 0 aromatic heterocycles. The number of hydrogen-bond donors (Lipinski definition) is 7. The van der Waals surface area contributed by atoms with E-state index in [1.807, 2.05) is 0 Å². The summed E-state index contributed by atoms with van der Waals surface area (Å²) in [6.45, 7) is -1.98. The zero-order valence-corrected chi connectivity index (χ0v) is 9.25. The second kappa shape index (κ2) is 7.48. The summed E-state index contributed by atoms with van der Waals surface area (Å²) in [6, 6.07) is 0. The van der Waals surface area contributed by atoms with Gasteiger partial charge < -0.3 is 35.7 Å². The van der Waals surface area contributed by atoms with Crippen LogP contribution in [-0.2, 0) is 9.59 Å². The molecular formula is C9H16O9. The summed E-state index contributed by atoms with van der Waals surface area (Å²) >= 11 is 0. The molecule has 0 aromatic rings. The van der Waals surface area contributed by atoms with E-state index in [1.54, 1.807) is 0 Å². The normalized spacial score (nSPS) is 19.7. The van der Waals surface area contributed by atoms with Crippen LogP contribution in [0.4, 0.5) is 0 Å². The van der Waals surface area contributed by atoms with E-state index >= 15 is 0 Å². The van der Waals surface area contributed by atoms with Crippen molar-refractivity contribution >= 4 is 11.6 Å². The Kier molecular flexibility index (Phi) is 7.09. The van der Waals surface area contributed by atoms with E-state index < -0.39 is 55.3 Å². The molecule has 0 aliphatic heterocycles. The van der Waals surface area contributed by atoms with E-state index in [2.05, 4.69) is 0 Å². The number of Topliss-reactive ketones (excluding diaryl/α,β-unsaturated/α-hetero) is 2. The van der Waals surface area contributed by atoms with Crippen LogP contribution < -0.4 is 0 Å². The van der Waals surface area contributed by atoms with Crippen LogP contribution in [0.25, 0.3) is 0 Å². The van der Waals surface area contributed by atoms with Gasteiger partial charge in [0.1, 0.15) is 30.5 Å². The van der Waals surface area contributed by atoms with Gasteiger partial charge in [0.2, 0.25) is 11.6 Å². The molecule has 0 bridgehead atoms. The van der Waals surface area contributed by atoms with E-state index in [4.69, 9.17) is 20.4 Å². The molecule has 0 saturated carbocycles. The summed E-state index contributed by atoms with van der Waals surface area (Å²) in [5.41, 5.74) is 0. The summed E-state index contributed by atoms with van der Waals surface area (Å²) < 4.78 is 0. The van der Waals surface area contributed by atoms with Crippen molar-refractivity contribution in [1.29, 1.82) is 0 Å². The minimum Gasteiger partial charge on any atom is -0.394 e. The quantitative estimate of drug-likeness (QED) is 0.212. The third kappa shape index (κ3) is 4.07. The Labute approximate surface area is 102 Å². The minimum absolute atomic E-state index is 0.938. The first-order chi connectivity index (χ1) is 8.27. The van der Waals surface area contributed by atoms with Crippen molar-refractivity contribution in [3.63, 3.8) is 0 Å². The van der Waals surface area contributed by atoms with Crippen molar-refractivity contribution in [2.75, 3.05) is 13.2 Å². The molecule has 0 rings (SSSR count). The van der Waals surface area contributed by atoms with Gasteiger partial charge in [-0.3, -0.25) is 9.59 Å². The summed E-state index contributed by atoms with van der Waals surface area (Å²) in [7, 11) is 0. The lowest BCUT2D eigenvalue weighted by atomic mass is 9.97. The van der Waals surface area contributed by atoms with Crippen molar-refractivity contribution in [2.45, 2.75) is 30.5 Å². The second-order valence-electron chi connectivity index (χ2n) is 3.60. The Morgan fingerprint density at radius 3 is 1.67 bits per heavy atom. The first kappa shape index (κ1) is 17.1. The molecule has 0 aliphatic carbocycles. The standard InChI is InChI=1S/C9H16O9/c10-1-3(12)5(14)7(16)9(18)8(17)6(15)4(13)2-11/h3-5,7,9-14,16,18H,1-2H2/t3-,4?,5-,7+,9+/m1/s1. The van der Waals surface area contributed by atoms with Crippen LogP contribution in [0.3, 0.4) is 0 Å². The Morgan fingerprint density at radius 1 is 0.778 bits per heavy atom. The Bertz CT molecular complexity index is 292. The third-order valence-electron chi connectivity index (χ3n) is 2.24. The molecule has 0 spiro atoms. The molecule has 9 nitrogen and oxygen atoms in total. The van der Waals surface area contributed by atoms with Crippen molar-refractivity contribution in [3.05, 3.63) is 0 Å². The van der Waals surface area contributed by atoms with Gasteiger partial charge in [-0.2, -0.15) is 0 Å². The summed E-state index contributed by atoms with van der Waals surface area (Å²) in [5, 5.41) is 62.4. The highest BCUT2D eigenvalue weighted by atomic mass is 16.4. The molecule has 0 fully saturated rings. The Balaban J connectivity index is 4.68. The Morgan fingerprint density at radius 2 is 1.28 bits per heavy atom. The highest BCUT2D eigenvalue weighted by molar-refractivity contribution is 6.40. The van der Waals surface area contributed by atoms with Crippen molar-refractivity contribution < 1.29 is 45.3 Å². The molecule has 0 amide bonds. The van der Waals surface area contributed by atoms with Gasteiger partial charge in [-0.05, 0) is 0 Å². The lowest BCUT2D eigenvalue weighted by Gasteiger charge is -2.24. The molecule has 0 heterocycles. The van der Waals surface area contributed by atoms with E-state index in [1.165, 1.54) is 0 Å². The lowest BCUT2D eigenvalue weighted by Crippen LogP contribution is -2.51. The predicted molar refractivity (Wildman–Crippen MR) is 54.2 cm³/mol. The van der Waals surface area contributed by atoms with Gasteiger partial charge in [0.25, 0.3) is 0 Å². The van der Waals surface area contributed by atoms with Gasteiger partial charge in [-0.25, -0.2) is 0 Å². The highest BCUT2D eigenvalue weighted by Crippen LogP contribution is 2.07. The smallest absolute Gasteiger partial charge is 0.232 e. The van der Waals surface area contributed by atoms with Crippen molar-refractivity contribution in [1.82, 2.24) is 0 Å². The van der Waals surface area contributed by atoms with Crippen LogP contribution in [0, 0.1) is 0 Å². The third-order valence-corrected chi connectivity index (χ3v) is 2.24. The maximum absolute atomic E-state index is 11.2. The van der Waals surface area contributed by atoms with Crippen LogP contribution in [0.2, 0.25) is 0 Å². The molecule has 0 radical (unpaired) electrons. The van der Waals surface area contributed by atoms with Gasteiger partial charge >= 0.3 is 0 Å². The fraction of sp³-hybridized carbons (Fsp3) is 0.778. The van der Waals surface area contributed by atoms with Crippen molar-refractivity contribution in [2.24, 2.45) is 0 Å². The minimum atomic E-state index is -2.39. The molecular weight excluding hydrogens is 252 g/mol. The number of aliphatic hydroxyl groups is 7. The summed E-state index contributed by atoms with van der Waals surface area (Å²) in [5.74, 6) is -3.18. The van der Waals surface area contributed by atoms with Gasteiger partial charge in [0, 0.05) is 0 Å². The average molecular weight is 268 g/mol. The van der Waals surface area contributed by atoms with Crippen LogP contribution in [0.1, 0.15) is 0 Å². The van der Waals surface area contributed by atoms with E-state index in [0.29, 0.717) is 0 Å². The largest absolute Gasteiger partial charge is 0.394 e. The fourth-order valence-corrected chi connectivity index (χ4v) is 1.07. The van der Waals surface area contributed by atoms with Crippen LogP contribution in [0.5, 0.6) is 0 Å². The van der Waals surface area contributed by atoms with Crippen molar-refractivity contribution in [3.8, 4) is 0 Å². The number of rotatable bonds is 8. The van der Waals surface area contributed by atoms with Crippen LogP contribution in [-0.4, -0.2) is 91.0 Å². The summed E-state index contributed by atoms with van der Waals surface area (Å²) in [4.78, 5) is 22.3. The van der Waals surface area contributed by atoms with Crippen LogP contribution in [0.15, 0.2) is 0 Å². The first-order valence-corrected chi connectivity index (χ1v) is 4.98. The van der Waals surface area contributed by atoms with E-state index in [0.717, 1.165) is 0 Å². The van der Waals surface area contributed by atoms with Gasteiger partial charge in [-0.15, -0.1) is 0 Å². The zero-order valence-electron chi connectivity index (χ0n) is 9.25. The maximum Gasteiger partial charge on any atom is 0.232 e. The number of ketones is 2. The first-order valence-electron chi connectivity index (χ1n) is 4.98. The summed E-state index contributed by atoms with van der Waals surface area (Å²) in [6.07, 6.45) is -10.5. The lowest BCUT2D eigenvalue weighted by molar-refractivity contribution is -0.157. The SMILES string of the molecule is O=C(C(=O)[C@@H](O)[C@@H](O)[C@H](O)[C@H](O)CO)C(O)CO. The van der Waals surface area contributed by atoms with Gasteiger partial charge in [-0.1, -0.05) is 0 Å². The molecule has 1 unspecified atom stereocenters.